The minimum absolute atomic E-state index is 0.0807. The van der Waals surface area contributed by atoms with E-state index >= 15 is 0 Å². The van der Waals surface area contributed by atoms with Gasteiger partial charge in [-0.2, -0.15) is 0 Å². The van der Waals surface area contributed by atoms with Crippen LogP contribution in [0.4, 0.5) is 8.78 Å². The van der Waals surface area contributed by atoms with E-state index in [1.807, 2.05) is 13.8 Å². The molecule has 16 heavy (non-hydrogen) atoms. The number of hydrogen-bond acceptors (Lipinski definition) is 2. The zero-order valence-electron chi connectivity index (χ0n) is 10.6. The minimum atomic E-state index is -2.59. The largest absolute Gasteiger partial charge is 0.366 e. The standard InChI is InChI=1S/C10H17F2NO.C2H6/c1-2-3-4-13-6-9(7-13)5-10(11,12)8-14-9;1-2/h2-8H2,1H3;1-2H3. The first kappa shape index (κ1) is 13.8. The van der Waals surface area contributed by atoms with Crippen LogP contribution in [0.1, 0.15) is 40.0 Å². The van der Waals surface area contributed by atoms with Crippen LogP contribution < -0.4 is 0 Å². The maximum atomic E-state index is 12.9. The van der Waals surface area contributed by atoms with Crippen LogP contribution in [0.5, 0.6) is 0 Å². The summed E-state index contributed by atoms with van der Waals surface area (Å²) in [5.74, 6) is -2.59. The van der Waals surface area contributed by atoms with Gasteiger partial charge in [-0.25, -0.2) is 8.78 Å². The quantitative estimate of drug-likeness (QED) is 0.745. The van der Waals surface area contributed by atoms with Crippen molar-refractivity contribution in [3.63, 3.8) is 0 Å². The molecule has 2 aliphatic rings. The summed E-state index contributed by atoms with van der Waals surface area (Å²) in [7, 11) is 0. The zero-order valence-corrected chi connectivity index (χ0v) is 10.6. The van der Waals surface area contributed by atoms with E-state index < -0.39 is 11.5 Å². The molecular formula is C12H23F2NO. The van der Waals surface area contributed by atoms with Crippen LogP contribution in [0.3, 0.4) is 0 Å². The highest BCUT2D eigenvalue weighted by Crippen LogP contribution is 2.42. The van der Waals surface area contributed by atoms with Gasteiger partial charge in [0, 0.05) is 19.5 Å². The van der Waals surface area contributed by atoms with E-state index in [0.717, 1.165) is 19.4 Å². The molecule has 2 fully saturated rings. The molecule has 0 aromatic carbocycles. The number of likely N-dealkylation sites (tertiary alicyclic amines) is 1. The highest BCUT2D eigenvalue weighted by molar-refractivity contribution is 5.04. The van der Waals surface area contributed by atoms with E-state index in [-0.39, 0.29) is 13.0 Å². The van der Waals surface area contributed by atoms with Crippen LogP contribution in [0, 0.1) is 0 Å². The van der Waals surface area contributed by atoms with E-state index in [9.17, 15) is 8.78 Å². The normalized spacial score (nSPS) is 26.1. The number of ether oxygens (including phenoxy) is 1. The summed E-state index contributed by atoms with van der Waals surface area (Å²) in [6, 6.07) is 0. The first-order chi connectivity index (χ1) is 7.55. The van der Waals surface area contributed by atoms with E-state index in [4.69, 9.17) is 4.74 Å². The summed E-state index contributed by atoms with van der Waals surface area (Å²) in [4.78, 5) is 2.20. The number of halogens is 2. The third-order valence-corrected chi connectivity index (χ3v) is 3.02. The third-order valence-electron chi connectivity index (χ3n) is 3.02. The van der Waals surface area contributed by atoms with Crippen molar-refractivity contribution < 1.29 is 13.5 Å². The molecule has 0 atom stereocenters. The van der Waals surface area contributed by atoms with Gasteiger partial charge in [0.1, 0.15) is 6.61 Å². The lowest BCUT2D eigenvalue weighted by Crippen LogP contribution is -2.61. The van der Waals surface area contributed by atoms with Gasteiger partial charge in [0.25, 0.3) is 5.92 Å². The lowest BCUT2D eigenvalue weighted by atomic mass is 9.89. The van der Waals surface area contributed by atoms with Crippen LogP contribution in [-0.2, 0) is 4.74 Å². The van der Waals surface area contributed by atoms with E-state index in [2.05, 4.69) is 11.8 Å². The lowest BCUT2D eigenvalue weighted by molar-refractivity contribution is -0.111. The second-order valence-corrected chi connectivity index (χ2v) is 4.57. The highest BCUT2D eigenvalue weighted by Gasteiger charge is 2.56. The smallest absolute Gasteiger partial charge is 0.273 e. The molecule has 0 aliphatic carbocycles. The van der Waals surface area contributed by atoms with Crippen LogP contribution in [-0.4, -0.2) is 42.7 Å². The van der Waals surface area contributed by atoms with Gasteiger partial charge < -0.3 is 4.74 Å². The van der Waals surface area contributed by atoms with Crippen LogP contribution in [0.25, 0.3) is 0 Å². The fraction of sp³-hybridized carbons (Fsp3) is 1.00. The van der Waals surface area contributed by atoms with Crippen molar-refractivity contribution in [3.05, 3.63) is 0 Å². The van der Waals surface area contributed by atoms with Gasteiger partial charge in [0.05, 0.1) is 5.60 Å². The molecule has 0 amide bonds. The second kappa shape index (κ2) is 5.41. The lowest BCUT2D eigenvalue weighted by Gasteiger charge is -2.46. The number of unbranched alkanes of at least 4 members (excludes halogenated alkanes) is 1. The van der Waals surface area contributed by atoms with E-state index in [0.29, 0.717) is 13.1 Å². The summed E-state index contributed by atoms with van der Waals surface area (Å²) in [5, 5.41) is 0. The van der Waals surface area contributed by atoms with Gasteiger partial charge in [-0.3, -0.25) is 4.90 Å². The van der Waals surface area contributed by atoms with Crippen LogP contribution in [0.2, 0.25) is 0 Å². The van der Waals surface area contributed by atoms with Crippen molar-refractivity contribution in [2.75, 3.05) is 26.2 Å². The predicted molar refractivity (Wildman–Crippen MR) is 60.9 cm³/mol. The van der Waals surface area contributed by atoms with Gasteiger partial charge >= 0.3 is 0 Å². The van der Waals surface area contributed by atoms with Crippen molar-refractivity contribution >= 4 is 0 Å². The van der Waals surface area contributed by atoms with Gasteiger partial charge in [-0.05, 0) is 13.0 Å². The monoisotopic (exact) mass is 235 g/mol. The molecular weight excluding hydrogens is 212 g/mol. The second-order valence-electron chi connectivity index (χ2n) is 4.57. The molecule has 1 spiro atoms. The fourth-order valence-corrected chi connectivity index (χ4v) is 2.34. The molecule has 0 unspecified atom stereocenters. The third kappa shape index (κ3) is 3.14. The summed E-state index contributed by atoms with van der Waals surface area (Å²) in [6.07, 6.45) is 2.22. The van der Waals surface area contributed by atoms with Crippen LogP contribution >= 0.6 is 0 Å². The SMILES string of the molecule is CC.CCCCN1CC2(C1)CC(F)(F)CO2. The summed E-state index contributed by atoms with van der Waals surface area (Å²) in [5.41, 5.74) is -0.503. The Kier molecular flexibility index (Phi) is 4.68. The van der Waals surface area contributed by atoms with Crippen molar-refractivity contribution in [1.82, 2.24) is 4.90 Å². The van der Waals surface area contributed by atoms with Gasteiger partial charge in [-0.1, -0.05) is 27.2 Å². The maximum Gasteiger partial charge on any atom is 0.273 e. The molecule has 2 saturated heterocycles. The number of hydrogen-bond donors (Lipinski definition) is 0. The fourth-order valence-electron chi connectivity index (χ4n) is 2.34. The van der Waals surface area contributed by atoms with Crippen LogP contribution in [0.15, 0.2) is 0 Å². The average Bonchev–Trinajstić information content (AvgIpc) is 2.53. The summed E-state index contributed by atoms with van der Waals surface area (Å²) in [6.45, 7) is 8.17. The molecule has 0 aromatic rings. The molecule has 0 N–H and O–H groups in total. The van der Waals surface area contributed by atoms with Gasteiger partial charge in [0.2, 0.25) is 0 Å². The molecule has 2 nitrogen and oxygen atoms in total. The number of rotatable bonds is 3. The number of nitrogens with zero attached hydrogens (tertiary/aromatic N) is 1. The molecule has 2 rings (SSSR count). The summed E-state index contributed by atoms with van der Waals surface area (Å²) >= 11 is 0. The van der Waals surface area contributed by atoms with Gasteiger partial charge in [0.15, 0.2) is 0 Å². The van der Waals surface area contributed by atoms with Crippen molar-refractivity contribution in [2.45, 2.75) is 51.6 Å². The Morgan fingerprint density at radius 3 is 2.31 bits per heavy atom. The summed E-state index contributed by atoms with van der Waals surface area (Å²) < 4.78 is 31.0. The molecule has 0 bridgehead atoms. The van der Waals surface area contributed by atoms with E-state index in [1.54, 1.807) is 0 Å². The molecule has 0 saturated carbocycles. The average molecular weight is 235 g/mol. The Balaban J connectivity index is 0.000000606. The molecule has 96 valence electrons. The van der Waals surface area contributed by atoms with Crippen molar-refractivity contribution in [1.29, 1.82) is 0 Å². The molecule has 2 aliphatic heterocycles. The predicted octanol–water partition coefficient (Wildman–Crippen LogP) is 2.92. The highest BCUT2D eigenvalue weighted by atomic mass is 19.3. The Hall–Kier alpha value is -0.220. The molecule has 2 heterocycles. The van der Waals surface area contributed by atoms with Crippen molar-refractivity contribution in [2.24, 2.45) is 0 Å². The zero-order chi connectivity index (χ0) is 12.2. The number of alkyl halides is 2. The first-order valence-electron chi connectivity index (χ1n) is 6.29. The molecule has 0 aromatic heterocycles. The van der Waals surface area contributed by atoms with Gasteiger partial charge in [-0.15, -0.1) is 0 Å². The molecule has 0 radical (unpaired) electrons. The molecule has 4 heteroatoms. The first-order valence-corrected chi connectivity index (χ1v) is 6.29. The Morgan fingerprint density at radius 1 is 1.25 bits per heavy atom. The van der Waals surface area contributed by atoms with E-state index in [1.165, 1.54) is 0 Å². The Morgan fingerprint density at radius 2 is 1.88 bits per heavy atom. The Bertz CT molecular complexity index is 215. The topological polar surface area (TPSA) is 12.5 Å². The Labute approximate surface area is 97.0 Å². The minimum Gasteiger partial charge on any atom is -0.366 e. The van der Waals surface area contributed by atoms with Crippen molar-refractivity contribution in [3.8, 4) is 0 Å². The maximum absolute atomic E-state index is 12.9.